The Balaban J connectivity index is 1.87. The second-order valence-electron chi connectivity index (χ2n) is 8.62. The molecule has 0 aliphatic rings. The first-order valence-electron chi connectivity index (χ1n) is 10.0. The molecular weight excluding hydrogens is 372 g/mol. The summed E-state index contributed by atoms with van der Waals surface area (Å²) in [4.78, 5) is 4.74. The van der Waals surface area contributed by atoms with Crippen LogP contribution >= 0.6 is 0 Å². The number of anilines is 1. The van der Waals surface area contributed by atoms with Gasteiger partial charge in [-0.05, 0) is 37.3 Å². The molecule has 3 aromatic heterocycles. The average molecular weight is 396 g/mol. The maximum absolute atomic E-state index is 6.33. The largest absolute Gasteiger partial charge is 0.383 e. The Hall–Kier alpha value is -3.67. The van der Waals surface area contributed by atoms with Gasteiger partial charge in [0, 0.05) is 10.8 Å². The summed E-state index contributed by atoms with van der Waals surface area (Å²) < 4.78 is 3.87. The SMILES string of the molecule is Cc1nn2c(nc(N)c3ccccc32)c1-c1cc(C(C)(C)C)nn1-c1ccccc1. The number of nitrogen functional groups attached to an aromatic ring is 1. The summed E-state index contributed by atoms with van der Waals surface area (Å²) in [6.45, 7) is 8.51. The van der Waals surface area contributed by atoms with Gasteiger partial charge in [0.1, 0.15) is 5.82 Å². The molecule has 3 heterocycles. The quantitative estimate of drug-likeness (QED) is 0.459. The molecule has 0 bridgehead atoms. The number of nitrogens with two attached hydrogens (primary N) is 1. The zero-order valence-corrected chi connectivity index (χ0v) is 17.6. The predicted molar refractivity (Wildman–Crippen MR) is 121 cm³/mol. The van der Waals surface area contributed by atoms with Crippen molar-refractivity contribution in [3.63, 3.8) is 0 Å². The molecule has 2 N–H and O–H groups in total. The number of nitrogens with zero attached hydrogens (tertiary/aromatic N) is 5. The van der Waals surface area contributed by atoms with Crippen molar-refractivity contribution < 1.29 is 0 Å². The van der Waals surface area contributed by atoms with Crippen molar-refractivity contribution in [1.29, 1.82) is 0 Å². The molecule has 150 valence electrons. The number of hydrogen-bond donors (Lipinski definition) is 1. The van der Waals surface area contributed by atoms with E-state index in [1.54, 1.807) is 0 Å². The summed E-state index contributed by atoms with van der Waals surface area (Å²) in [7, 11) is 0. The molecule has 6 heteroatoms. The van der Waals surface area contributed by atoms with E-state index in [2.05, 4.69) is 39.0 Å². The first-order valence-corrected chi connectivity index (χ1v) is 10.0. The smallest absolute Gasteiger partial charge is 0.167 e. The standard InChI is InChI=1S/C24H24N6/c1-15-21(23-26-22(25)17-12-8-9-13-18(17)30(23)27-15)19-14-20(24(2,3)4)28-29(19)16-10-6-5-7-11-16/h5-14H,1-4H3,(H2,25,26). The average Bonchev–Trinajstić information content (AvgIpc) is 3.30. The Morgan fingerprint density at radius 1 is 0.900 bits per heavy atom. The molecule has 5 rings (SSSR count). The van der Waals surface area contributed by atoms with E-state index < -0.39 is 0 Å². The second kappa shape index (κ2) is 6.42. The molecule has 0 aliphatic carbocycles. The predicted octanol–water partition coefficient (Wildman–Crippen LogP) is 4.92. The van der Waals surface area contributed by atoms with Crippen LogP contribution in [0, 0.1) is 6.92 Å². The van der Waals surface area contributed by atoms with Crippen molar-refractivity contribution in [3.8, 4) is 16.9 Å². The van der Waals surface area contributed by atoms with E-state index in [4.69, 9.17) is 20.9 Å². The topological polar surface area (TPSA) is 74.0 Å². The molecule has 0 fully saturated rings. The van der Waals surface area contributed by atoms with E-state index in [9.17, 15) is 0 Å². The van der Waals surface area contributed by atoms with Gasteiger partial charge in [-0.3, -0.25) is 0 Å². The maximum atomic E-state index is 6.33. The van der Waals surface area contributed by atoms with Gasteiger partial charge in [-0.1, -0.05) is 51.1 Å². The minimum absolute atomic E-state index is 0.0925. The molecule has 0 radical (unpaired) electrons. The van der Waals surface area contributed by atoms with Gasteiger partial charge in [-0.15, -0.1) is 0 Å². The van der Waals surface area contributed by atoms with Crippen molar-refractivity contribution in [2.75, 3.05) is 5.73 Å². The van der Waals surface area contributed by atoms with Crippen LogP contribution in [0.4, 0.5) is 5.82 Å². The van der Waals surface area contributed by atoms with Crippen molar-refractivity contribution >= 4 is 22.4 Å². The highest BCUT2D eigenvalue weighted by molar-refractivity contribution is 5.93. The molecule has 0 aliphatic heterocycles. The third-order valence-corrected chi connectivity index (χ3v) is 5.41. The van der Waals surface area contributed by atoms with Crippen molar-refractivity contribution in [3.05, 3.63) is 72.1 Å². The summed E-state index contributed by atoms with van der Waals surface area (Å²) >= 11 is 0. The number of aromatic nitrogens is 5. The third-order valence-electron chi connectivity index (χ3n) is 5.41. The van der Waals surface area contributed by atoms with Crippen LogP contribution in [0.5, 0.6) is 0 Å². The Morgan fingerprint density at radius 2 is 1.60 bits per heavy atom. The normalized spacial score (nSPS) is 12.1. The van der Waals surface area contributed by atoms with Gasteiger partial charge >= 0.3 is 0 Å². The fourth-order valence-corrected chi connectivity index (χ4v) is 3.83. The van der Waals surface area contributed by atoms with Crippen LogP contribution in [0.25, 0.3) is 33.5 Å². The molecule has 0 unspecified atom stereocenters. The molecule has 30 heavy (non-hydrogen) atoms. The van der Waals surface area contributed by atoms with Crippen LogP contribution < -0.4 is 5.73 Å². The first kappa shape index (κ1) is 18.4. The number of para-hydroxylation sites is 2. The maximum Gasteiger partial charge on any atom is 0.167 e. The summed E-state index contributed by atoms with van der Waals surface area (Å²) in [6.07, 6.45) is 0. The van der Waals surface area contributed by atoms with Crippen LogP contribution in [0.15, 0.2) is 60.7 Å². The minimum Gasteiger partial charge on any atom is -0.383 e. The van der Waals surface area contributed by atoms with Gasteiger partial charge in [0.05, 0.1) is 33.8 Å². The Labute approximate surface area is 175 Å². The summed E-state index contributed by atoms with van der Waals surface area (Å²) in [6, 6.07) is 20.2. The van der Waals surface area contributed by atoms with E-state index in [-0.39, 0.29) is 5.41 Å². The van der Waals surface area contributed by atoms with E-state index >= 15 is 0 Å². The molecule has 0 saturated carbocycles. The Morgan fingerprint density at radius 3 is 2.33 bits per heavy atom. The lowest BCUT2D eigenvalue weighted by Crippen LogP contribution is -2.12. The van der Waals surface area contributed by atoms with Crippen LogP contribution in [0.2, 0.25) is 0 Å². The minimum atomic E-state index is -0.0925. The molecule has 6 nitrogen and oxygen atoms in total. The Kier molecular flexibility index (Phi) is 3.93. The number of benzene rings is 2. The molecular formula is C24H24N6. The van der Waals surface area contributed by atoms with Crippen molar-refractivity contribution in [1.82, 2.24) is 24.4 Å². The monoisotopic (exact) mass is 396 g/mol. The van der Waals surface area contributed by atoms with E-state index in [1.165, 1.54) is 0 Å². The van der Waals surface area contributed by atoms with E-state index in [0.29, 0.717) is 5.82 Å². The van der Waals surface area contributed by atoms with Gasteiger partial charge in [-0.2, -0.15) is 10.2 Å². The first-order chi connectivity index (χ1) is 14.3. The molecule has 5 aromatic rings. The fraction of sp³-hybridized carbons (Fsp3) is 0.208. The van der Waals surface area contributed by atoms with Gasteiger partial charge in [0.2, 0.25) is 0 Å². The summed E-state index contributed by atoms with van der Waals surface area (Å²) in [5, 5.41) is 10.7. The Bertz CT molecular complexity index is 1390. The van der Waals surface area contributed by atoms with Gasteiger partial charge in [0.25, 0.3) is 0 Å². The third kappa shape index (κ3) is 2.76. The van der Waals surface area contributed by atoms with Gasteiger partial charge in [-0.25, -0.2) is 14.2 Å². The van der Waals surface area contributed by atoms with Crippen LogP contribution in [-0.2, 0) is 5.41 Å². The molecule has 0 saturated heterocycles. The van der Waals surface area contributed by atoms with Crippen molar-refractivity contribution in [2.45, 2.75) is 33.1 Å². The van der Waals surface area contributed by atoms with Crippen LogP contribution in [0.1, 0.15) is 32.2 Å². The zero-order chi connectivity index (χ0) is 21.0. The number of aryl methyl sites for hydroxylation is 1. The molecule has 0 amide bonds. The number of fused-ring (bicyclic) bond motifs is 3. The van der Waals surface area contributed by atoms with E-state index in [1.807, 2.05) is 58.6 Å². The van der Waals surface area contributed by atoms with Gasteiger partial charge < -0.3 is 5.73 Å². The second-order valence-corrected chi connectivity index (χ2v) is 8.62. The molecule has 0 spiro atoms. The molecule has 2 aromatic carbocycles. The highest BCUT2D eigenvalue weighted by atomic mass is 15.3. The van der Waals surface area contributed by atoms with E-state index in [0.717, 1.165) is 44.9 Å². The summed E-state index contributed by atoms with van der Waals surface area (Å²) in [5.41, 5.74) is 12.7. The lowest BCUT2D eigenvalue weighted by atomic mass is 9.92. The summed E-state index contributed by atoms with van der Waals surface area (Å²) in [5.74, 6) is 0.501. The van der Waals surface area contributed by atoms with Crippen LogP contribution in [0.3, 0.4) is 0 Å². The molecule has 0 atom stereocenters. The lowest BCUT2D eigenvalue weighted by molar-refractivity contribution is 0.560. The lowest BCUT2D eigenvalue weighted by Gasteiger charge is -2.14. The fourth-order valence-electron chi connectivity index (χ4n) is 3.83. The zero-order valence-electron chi connectivity index (χ0n) is 17.6. The number of rotatable bonds is 2. The highest BCUT2D eigenvalue weighted by Crippen LogP contribution is 2.35. The highest BCUT2D eigenvalue weighted by Gasteiger charge is 2.25. The van der Waals surface area contributed by atoms with Gasteiger partial charge in [0.15, 0.2) is 5.65 Å². The number of hydrogen-bond acceptors (Lipinski definition) is 4. The van der Waals surface area contributed by atoms with Crippen LogP contribution in [-0.4, -0.2) is 24.4 Å². The van der Waals surface area contributed by atoms with Crippen molar-refractivity contribution in [2.24, 2.45) is 0 Å².